The first kappa shape index (κ1) is 17.1. The Balaban J connectivity index is 1.55. The number of hydrogen-bond acceptors (Lipinski definition) is 5. The minimum Gasteiger partial charge on any atom is -0.406 e. The number of rotatable bonds is 3. The van der Waals surface area contributed by atoms with Gasteiger partial charge >= 0.3 is 5.76 Å². The molecule has 0 unspecified atom stereocenters. The van der Waals surface area contributed by atoms with E-state index in [1.807, 2.05) is 17.0 Å². The molecule has 9 heteroatoms. The Labute approximate surface area is 154 Å². The van der Waals surface area contributed by atoms with E-state index in [9.17, 15) is 13.2 Å². The SMILES string of the molecule is O=c1[nH]c2cccc(N3CCN(S(=O)(=O)c4ccc(Cl)cc4)CC3)c2o1. The fourth-order valence-electron chi connectivity index (χ4n) is 3.13. The fraction of sp³-hybridized carbons (Fsp3) is 0.235. The molecule has 0 radical (unpaired) electrons. The molecule has 0 amide bonds. The molecule has 1 aliphatic rings. The van der Waals surface area contributed by atoms with Crippen molar-refractivity contribution in [2.24, 2.45) is 0 Å². The highest BCUT2D eigenvalue weighted by molar-refractivity contribution is 7.89. The maximum absolute atomic E-state index is 12.8. The lowest BCUT2D eigenvalue weighted by molar-refractivity contribution is 0.384. The van der Waals surface area contributed by atoms with Gasteiger partial charge in [-0.2, -0.15) is 4.31 Å². The van der Waals surface area contributed by atoms with Crippen molar-refractivity contribution < 1.29 is 12.8 Å². The van der Waals surface area contributed by atoms with Crippen molar-refractivity contribution >= 4 is 38.4 Å². The van der Waals surface area contributed by atoms with Crippen LogP contribution in [0, 0.1) is 0 Å². The standard InChI is InChI=1S/C17H16ClN3O4S/c18-12-4-6-13(7-5-12)26(23,24)21-10-8-20(9-11-21)15-3-1-2-14-16(15)25-17(22)19-14/h1-7H,8-11H2,(H,19,22). The van der Waals surface area contributed by atoms with E-state index in [2.05, 4.69) is 4.98 Å². The van der Waals surface area contributed by atoms with Crippen LogP contribution in [0.4, 0.5) is 5.69 Å². The van der Waals surface area contributed by atoms with Crippen LogP contribution in [0.15, 0.2) is 56.6 Å². The number of benzene rings is 2. The third-order valence-corrected chi connectivity index (χ3v) is 6.62. The van der Waals surface area contributed by atoms with Gasteiger partial charge in [0.05, 0.1) is 16.1 Å². The summed E-state index contributed by atoms with van der Waals surface area (Å²) in [6, 6.07) is 11.6. The molecule has 0 aliphatic carbocycles. The summed E-state index contributed by atoms with van der Waals surface area (Å²) >= 11 is 5.84. The molecule has 136 valence electrons. The van der Waals surface area contributed by atoms with Gasteiger partial charge in [-0.1, -0.05) is 17.7 Å². The summed E-state index contributed by atoms with van der Waals surface area (Å²) in [6.45, 7) is 1.69. The van der Waals surface area contributed by atoms with Gasteiger partial charge in [0.15, 0.2) is 5.58 Å². The van der Waals surface area contributed by atoms with Gasteiger partial charge in [-0.05, 0) is 36.4 Å². The minimum atomic E-state index is -3.55. The molecular formula is C17H16ClN3O4S. The summed E-state index contributed by atoms with van der Waals surface area (Å²) in [6.07, 6.45) is 0. The van der Waals surface area contributed by atoms with Crippen LogP contribution in [0.1, 0.15) is 0 Å². The van der Waals surface area contributed by atoms with Gasteiger partial charge < -0.3 is 9.32 Å². The van der Waals surface area contributed by atoms with E-state index in [1.54, 1.807) is 18.2 Å². The molecule has 0 spiro atoms. The maximum atomic E-state index is 12.8. The number of aromatic nitrogens is 1. The Hall–Kier alpha value is -2.29. The monoisotopic (exact) mass is 393 g/mol. The smallest absolute Gasteiger partial charge is 0.406 e. The summed E-state index contributed by atoms with van der Waals surface area (Å²) in [7, 11) is -3.55. The zero-order chi connectivity index (χ0) is 18.3. The highest BCUT2D eigenvalue weighted by Crippen LogP contribution is 2.27. The van der Waals surface area contributed by atoms with E-state index in [0.29, 0.717) is 42.3 Å². The Morgan fingerprint density at radius 1 is 1.00 bits per heavy atom. The lowest BCUT2D eigenvalue weighted by Gasteiger charge is -2.35. The van der Waals surface area contributed by atoms with Gasteiger partial charge in [0.1, 0.15) is 0 Å². The second-order valence-corrected chi connectivity index (χ2v) is 8.39. The number of sulfonamides is 1. The molecule has 4 rings (SSSR count). The number of fused-ring (bicyclic) bond motifs is 1. The second kappa shape index (κ2) is 6.46. The zero-order valence-corrected chi connectivity index (χ0v) is 15.3. The number of H-pyrrole nitrogens is 1. The van der Waals surface area contributed by atoms with Crippen LogP contribution >= 0.6 is 11.6 Å². The third-order valence-electron chi connectivity index (χ3n) is 4.46. The van der Waals surface area contributed by atoms with E-state index in [0.717, 1.165) is 5.69 Å². The summed E-state index contributed by atoms with van der Waals surface area (Å²) in [5.74, 6) is -0.503. The van der Waals surface area contributed by atoms with Gasteiger partial charge in [-0.3, -0.25) is 4.98 Å². The van der Waals surface area contributed by atoms with Crippen molar-refractivity contribution in [1.82, 2.24) is 9.29 Å². The van der Waals surface area contributed by atoms with Gasteiger partial charge in [0, 0.05) is 31.2 Å². The predicted octanol–water partition coefficient (Wildman–Crippen LogP) is 2.29. The van der Waals surface area contributed by atoms with Crippen LogP contribution in [-0.4, -0.2) is 43.9 Å². The van der Waals surface area contributed by atoms with Crippen LogP contribution < -0.4 is 10.7 Å². The molecule has 7 nitrogen and oxygen atoms in total. The number of anilines is 1. The molecule has 1 fully saturated rings. The predicted molar refractivity (Wildman–Crippen MR) is 99.3 cm³/mol. The number of hydrogen-bond donors (Lipinski definition) is 1. The lowest BCUT2D eigenvalue weighted by Crippen LogP contribution is -2.48. The van der Waals surface area contributed by atoms with E-state index in [4.69, 9.17) is 16.0 Å². The average molecular weight is 394 g/mol. The zero-order valence-electron chi connectivity index (χ0n) is 13.7. The molecule has 26 heavy (non-hydrogen) atoms. The summed E-state index contributed by atoms with van der Waals surface area (Å²) in [5, 5.41) is 0.495. The summed E-state index contributed by atoms with van der Waals surface area (Å²) in [5.41, 5.74) is 1.90. The van der Waals surface area contributed by atoms with Crippen LogP contribution in [0.5, 0.6) is 0 Å². The molecule has 0 atom stereocenters. The molecule has 3 aromatic rings. The van der Waals surface area contributed by atoms with Crippen LogP contribution in [0.25, 0.3) is 11.1 Å². The molecule has 0 bridgehead atoms. The second-order valence-electron chi connectivity index (χ2n) is 6.01. The van der Waals surface area contributed by atoms with Crippen molar-refractivity contribution in [3.8, 4) is 0 Å². The van der Waals surface area contributed by atoms with Crippen molar-refractivity contribution in [1.29, 1.82) is 0 Å². The number of nitrogens with zero attached hydrogens (tertiary/aromatic N) is 2. The third kappa shape index (κ3) is 3.00. The van der Waals surface area contributed by atoms with Crippen molar-refractivity contribution in [2.45, 2.75) is 4.90 Å². The topological polar surface area (TPSA) is 86.6 Å². The highest BCUT2D eigenvalue weighted by atomic mass is 35.5. The lowest BCUT2D eigenvalue weighted by atomic mass is 10.2. The van der Waals surface area contributed by atoms with Crippen molar-refractivity contribution in [3.05, 3.63) is 58.0 Å². The molecular weight excluding hydrogens is 378 g/mol. The van der Waals surface area contributed by atoms with Gasteiger partial charge in [-0.15, -0.1) is 0 Å². The molecule has 2 heterocycles. The average Bonchev–Trinajstić information content (AvgIpc) is 3.02. The first-order chi connectivity index (χ1) is 12.4. The molecule has 1 saturated heterocycles. The number of halogens is 1. The van der Waals surface area contributed by atoms with E-state index in [-0.39, 0.29) is 4.90 Å². The minimum absolute atomic E-state index is 0.231. The van der Waals surface area contributed by atoms with Crippen molar-refractivity contribution in [2.75, 3.05) is 31.1 Å². The first-order valence-electron chi connectivity index (χ1n) is 8.08. The Bertz CT molecular complexity index is 1100. The van der Waals surface area contributed by atoms with Crippen LogP contribution in [0.3, 0.4) is 0 Å². The normalized spacial score (nSPS) is 16.3. The quantitative estimate of drug-likeness (QED) is 0.737. The Morgan fingerprint density at radius 3 is 2.38 bits per heavy atom. The number of nitrogens with one attached hydrogen (secondary N) is 1. The first-order valence-corrected chi connectivity index (χ1v) is 9.89. The molecule has 1 aromatic heterocycles. The number of piperazine rings is 1. The van der Waals surface area contributed by atoms with Gasteiger partial charge in [-0.25, -0.2) is 13.2 Å². The van der Waals surface area contributed by atoms with Crippen molar-refractivity contribution in [3.63, 3.8) is 0 Å². The number of oxazole rings is 1. The number of para-hydroxylation sites is 1. The summed E-state index contributed by atoms with van der Waals surface area (Å²) in [4.78, 5) is 16.3. The van der Waals surface area contributed by atoms with Gasteiger partial charge in [0.25, 0.3) is 0 Å². The molecule has 1 aliphatic heterocycles. The molecule has 1 N–H and O–H groups in total. The van der Waals surface area contributed by atoms with E-state index in [1.165, 1.54) is 16.4 Å². The number of aromatic amines is 1. The molecule has 2 aromatic carbocycles. The molecule has 0 saturated carbocycles. The Morgan fingerprint density at radius 2 is 1.69 bits per heavy atom. The maximum Gasteiger partial charge on any atom is 0.417 e. The summed E-state index contributed by atoms with van der Waals surface area (Å²) < 4.78 is 32.2. The Kier molecular flexibility index (Phi) is 4.26. The van der Waals surface area contributed by atoms with Crippen LogP contribution in [-0.2, 0) is 10.0 Å². The van der Waals surface area contributed by atoms with Gasteiger partial charge in [0.2, 0.25) is 10.0 Å². The van der Waals surface area contributed by atoms with E-state index < -0.39 is 15.8 Å². The largest absolute Gasteiger partial charge is 0.417 e. The van der Waals surface area contributed by atoms with Crippen LogP contribution in [0.2, 0.25) is 5.02 Å². The fourth-order valence-corrected chi connectivity index (χ4v) is 4.68. The highest BCUT2D eigenvalue weighted by Gasteiger charge is 2.29. The van der Waals surface area contributed by atoms with E-state index >= 15 is 0 Å².